The fourth-order valence-corrected chi connectivity index (χ4v) is 2.73. The highest BCUT2D eigenvalue weighted by Crippen LogP contribution is 2.21. The van der Waals surface area contributed by atoms with Crippen LogP contribution < -0.4 is 5.56 Å². The highest BCUT2D eigenvalue weighted by atomic mass is 16.1. The van der Waals surface area contributed by atoms with Crippen LogP contribution in [0.5, 0.6) is 0 Å². The molecule has 0 N–H and O–H groups in total. The average molecular weight is 283 g/mol. The number of nitrogens with zero attached hydrogens (tertiary/aromatic N) is 7. The van der Waals surface area contributed by atoms with Crippen LogP contribution in [0.3, 0.4) is 0 Å². The lowest BCUT2D eigenvalue weighted by Gasteiger charge is -2.08. The summed E-state index contributed by atoms with van der Waals surface area (Å²) in [6, 6.07) is 0. The van der Waals surface area contributed by atoms with Crippen LogP contribution in [0.15, 0.2) is 23.5 Å². The number of hydrogen-bond donors (Lipinski definition) is 0. The van der Waals surface area contributed by atoms with Gasteiger partial charge in [0.2, 0.25) is 5.78 Å². The fourth-order valence-electron chi connectivity index (χ4n) is 2.73. The van der Waals surface area contributed by atoms with Crippen molar-refractivity contribution in [3.63, 3.8) is 0 Å². The lowest BCUT2D eigenvalue weighted by molar-refractivity contribution is 0.677. The van der Waals surface area contributed by atoms with E-state index in [0.29, 0.717) is 29.8 Å². The lowest BCUT2D eigenvalue weighted by Crippen LogP contribution is -2.23. The van der Waals surface area contributed by atoms with Crippen molar-refractivity contribution in [2.24, 2.45) is 0 Å². The molecule has 0 aliphatic rings. The predicted octanol–water partition coefficient (Wildman–Crippen LogP) is 0.829. The highest BCUT2D eigenvalue weighted by Gasteiger charge is 2.16. The first-order chi connectivity index (χ1) is 10.3. The minimum Gasteiger partial charge on any atom is -0.277 e. The summed E-state index contributed by atoms with van der Waals surface area (Å²) in [5.41, 5.74) is 1.35. The second kappa shape index (κ2) is 4.11. The van der Waals surface area contributed by atoms with Gasteiger partial charge in [0, 0.05) is 19.3 Å². The molecule has 0 aliphatic heterocycles. The third-order valence-electron chi connectivity index (χ3n) is 3.71. The molecule has 0 atom stereocenters. The maximum atomic E-state index is 12.6. The molecule has 4 heterocycles. The first-order valence-corrected chi connectivity index (χ1v) is 6.83. The van der Waals surface area contributed by atoms with Crippen molar-refractivity contribution in [3.8, 4) is 0 Å². The van der Waals surface area contributed by atoms with E-state index in [1.165, 1.54) is 6.33 Å². The van der Waals surface area contributed by atoms with Crippen molar-refractivity contribution < 1.29 is 0 Å². The Morgan fingerprint density at radius 3 is 2.67 bits per heavy atom. The third-order valence-corrected chi connectivity index (χ3v) is 3.71. The second-order valence-corrected chi connectivity index (χ2v) is 4.74. The van der Waals surface area contributed by atoms with Crippen molar-refractivity contribution in [2.75, 3.05) is 0 Å². The molecule has 0 spiro atoms. The summed E-state index contributed by atoms with van der Waals surface area (Å²) in [5.74, 6) is 0.534. The van der Waals surface area contributed by atoms with Gasteiger partial charge in [-0.2, -0.15) is 19.7 Å². The zero-order valence-electron chi connectivity index (χ0n) is 11.7. The molecule has 0 saturated heterocycles. The van der Waals surface area contributed by atoms with E-state index in [9.17, 15) is 4.79 Å². The van der Waals surface area contributed by atoms with E-state index in [1.807, 2.05) is 13.8 Å². The topological polar surface area (TPSA) is 82.9 Å². The maximum absolute atomic E-state index is 12.6. The second-order valence-electron chi connectivity index (χ2n) is 4.74. The SMILES string of the molecule is CCn1ncc2c1ncc1c(=O)n(CC)c3ncnn3c12. The van der Waals surface area contributed by atoms with Gasteiger partial charge in [0.15, 0.2) is 5.65 Å². The van der Waals surface area contributed by atoms with Crippen molar-refractivity contribution in [2.45, 2.75) is 26.9 Å². The molecular weight excluding hydrogens is 270 g/mol. The van der Waals surface area contributed by atoms with Gasteiger partial charge in [-0.15, -0.1) is 0 Å². The number of fused-ring (bicyclic) bond motifs is 5. The summed E-state index contributed by atoms with van der Waals surface area (Å²) in [6.07, 6.45) is 4.78. The minimum atomic E-state index is -0.105. The fraction of sp³-hybridized carbons (Fsp3) is 0.308. The number of aromatic nitrogens is 7. The van der Waals surface area contributed by atoms with Gasteiger partial charge in [-0.3, -0.25) is 9.36 Å². The molecule has 0 fully saturated rings. The van der Waals surface area contributed by atoms with Gasteiger partial charge in [0.1, 0.15) is 6.33 Å². The van der Waals surface area contributed by atoms with Gasteiger partial charge in [0.25, 0.3) is 5.56 Å². The zero-order valence-corrected chi connectivity index (χ0v) is 11.7. The van der Waals surface area contributed by atoms with Crippen LogP contribution in [0.2, 0.25) is 0 Å². The van der Waals surface area contributed by atoms with E-state index in [1.54, 1.807) is 26.2 Å². The minimum absolute atomic E-state index is 0.105. The van der Waals surface area contributed by atoms with Crippen molar-refractivity contribution in [1.82, 2.24) is 33.9 Å². The van der Waals surface area contributed by atoms with Gasteiger partial charge >= 0.3 is 0 Å². The van der Waals surface area contributed by atoms with Crippen molar-refractivity contribution in [3.05, 3.63) is 29.1 Å². The van der Waals surface area contributed by atoms with E-state index in [4.69, 9.17) is 0 Å². The Bertz CT molecular complexity index is 1030. The summed E-state index contributed by atoms with van der Waals surface area (Å²) in [4.78, 5) is 21.2. The summed E-state index contributed by atoms with van der Waals surface area (Å²) >= 11 is 0. The van der Waals surface area contributed by atoms with E-state index in [2.05, 4.69) is 20.2 Å². The van der Waals surface area contributed by atoms with E-state index in [-0.39, 0.29) is 5.56 Å². The maximum Gasteiger partial charge on any atom is 0.264 e. The Hall–Kier alpha value is -2.77. The standard InChI is InChI=1S/C13H13N7O/c1-3-18-12(21)9-5-14-11-8(6-16-19(11)4-2)10(9)20-13(18)15-7-17-20/h5-7H,3-4H2,1-2H3. The van der Waals surface area contributed by atoms with Gasteiger partial charge < -0.3 is 0 Å². The van der Waals surface area contributed by atoms with Gasteiger partial charge in [-0.25, -0.2) is 9.67 Å². The molecule has 4 aromatic rings. The van der Waals surface area contributed by atoms with Crippen LogP contribution in [-0.4, -0.2) is 33.9 Å². The molecule has 0 aliphatic carbocycles. The Morgan fingerprint density at radius 1 is 1.05 bits per heavy atom. The van der Waals surface area contributed by atoms with Crippen LogP contribution >= 0.6 is 0 Å². The normalized spacial score (nSPS) is 11.9. The molecule has 0 bridgehead atoms. The zero-order chi connectivity index (χ0) is 14.6. The largest absolute Gasteiger partial charge is 0.277 e. The molecule has 0 aromatic carbocycles. The Morgan fingerprint density at radius 2 is 1.90 bits per heavy atom. The quantitative estimate of drug-likeness (QED) is 0.544. The molecule has 4 aromatic heterocycles. The van der Waals surface area contributed by atoms with Crippen LogP contribution in [0.4, 0.5) is 0 Å². The average Bonchev–Trinajstić information content (AvgIpc) is 3.13. The molecule has 8 heteroatoms. The van der Waals surface area contributed by atoms with E-state index in [0.717, 1.165) is 11.0 Å². The number of aryl methyl sites for hydroxylation is 2. The summed E-state index contributed by atoms with van der Waals surface area (Å²) in [7, 11) is 0. The number of pyridine rings is 1. The number of rotatable bonds is 2. The molecule has 4 rings (SSSR count). The van der Waals surface area contributed by atoms with Crippen LogP contribution in [-0.2, 0) is 13.1 Å². The van der Waals surface area contributed by atoms with Crippen LogP contribution in [0.1, 0.15) is 13.8 Å². The molecule has 0 unspecified atom stereocenters. The van der Waals surface area contributed by atoms with Gasteiger partial charge in [-0.05, 0) is 13.8 Å². The Labute approximate surface area is 118 Å². The van der Waals surface area contributed by atoms with Crippen LogP contribution in [0.25, 0.3) is 27.7 Å². The van der Waals surface area contributed by atoms with Crippen LogP contribution in [0, 0.1) is 0 Å². The Balaban J connectivity index is 2.34. The number of hydrogen-bond acceptors (Lipinski definition) is 5. The Kier molecular flexibility index (Phi) is 2.35. The smallest absolute Gasteiger partial charge is 0.264 e. The third kappa shape index (κ3) is 1.41. The first-order valence-electron chi connectivity index (χ1n) is 6.83. The van der Waals surface area contributed by atoms with E-state index >= 15 is 0 Å². The molecule has 0 radical (unpaired) electrons. The van der Waals surface area contributed by atoms with Gasteiger partial charge in [-0.1, -0.05) is 0 Å². The lowest BCUT2D eigenvalue weighted by atomic mass is 10.2. The summed E-state index contributed by atoms with van der Waals surface area (Å²) in [6.45, 7) is 5.15. The van der Waals surface area contributed by atoms with Crippen molar-refractivity contribution in [1.29, 1.82) is 0 Å². The van der Waals surface area contributed by atoms with Gasteiger partial charge in [0.05, 0.1) is 22.5 Å². The van der Waals surface area contributed by atoms with E-state index < -0.39 is 0 Å². The molecule has 21 heavy (non-hydrogen) atoms. The molecule has 8 nitrogen and oxygen atoms in total. The highest BCUT2D eigenvalue weighted by molar-refractivity contribution is 6.02. The molecule has 0 saturated carbocycles. The predicted molar refractivity (Wildman–Crippen MR) is 77.2 cm³/mol. The summed E-state index contributed by atoms with van der Waals surface area (Å²) < 4.78 is 5.07. The van der Waals surface area contributed by atoms with Crippen molar-refractivity contribution >= 4 is 27.7 Å². The first kappa shape index (κ1) is 12.0. The molecule has 106 valence electrons. The monoisotopic (exact) mass is 283 g/mol. The molecule has 0 amide bonds. The summed E-state index contributed by atoms with van der Waals surface area (Å²) in [5, 5.41) is 9.91. The molecular formula is C13H13N7O.